The van der Waals surface area contributed by atoms with E-state index < -0.39 is 0 Å². The number of halogens is 2. The van der Waals surface area contributed by atoms with Gasteiger partial charge < -0.3 is 0 Å². The SMILES string of the molecule is Brc1cc2c3cscc3c3cc(Br)sc3c2s1. The summed E-state index contributed by atoms with van der Waals surface area (Å²) < 4.78 is 5.20. The van der Waals surface area contributed by atoms with Gasteiger partial charge in [-0.15, -0.1) is 22.7 Å². The first kappa shape index (κ1) is 10.9. The molecule has 0 nitrogen and oxygen atoms in total. The molecule has 0 unspecified atom stereocenters. The number of hydrogen-bond acceptors (Lipinski definition) is 3. The molecule has 1 aromatic carbocycles. The summed E-state index contributed by atoms with van der Waals surface area (Å²) in [6.07, 6.45) is 0. The second kappa shape index (κ2) is 3.78. The molecule has 0 saturated carbocycles. The molecule has 0 amide bonds. The fourth-order valence-electron chi connectivity index (χ4n) is 2.17. The number of fused-ring (bicyclic) bond motifs is 6. The van der Waals surface area contributed by atoms with Gasteiger partial charge in [-0.2, -0.15) is 11.3 Å². The summed E-state index contributed by atoms with van der Waals surface area (Å²) in [6, 6.07) is 4.48. The van der Waals surface area contributed by atoms with Crippen molar-refractivity contribution in [3.8, 4) is 0 Å². The molecule has 5 heteroatoms. The van der Waals surface area contributed by atoms with E-state index in [1.165, 1.54) is 38.5 Å². The Bertz CT molecular complexity index is 796. The highest BCUT2D eigenvalue weighted by Crippen LogP contribution is 2.46. The van der Waals surface area contributed by atoms with Crippen LogP contribution in [0.5, 0.6) is 0 Å². The molecular weight excluding hydrogens is 400 g/mol. The number of benzene rings is 1. The Morgan fingerprint density at radius 1 is 0.706 bits per heavy atom. The van der Waals surface area contributed by atoms with Gasteiger partial charge in [0.25, 0.3) is 0 Å². The van der Waals surface area contributed by atoms with Crippen LogP contribution in [0.4, 0.5) is 0 Å². The molecule has 0 aliphatic rings. The van der Waals surface area contributed by atoms with E-state index in [0.717, 1.165) is 0 Å². The van der Waals surface area contributed by atoms with E-state index in [4.69, 9.17) is 0 Å². The molecule has 0 aliphatic heterocycles. The Morgan fingerprint density at radius 2 is 1.18 bits per heavy atom. The lowest BCUT2D eigenvalue weighted by atomic mass is 10.1. The first-order valence-electron chi connectivity index (χ1n) is 4.90. The Balaban J connectivity index is 2.46. The van der Waals surface area contributed by atoms with Crippen molar-refractivity contribution >= 4 is 96.8 Å². The van der Waals surface area contributed by atoms with Crippen LogP contribution in [0.15, 0.2) is 30.5 Å². The van der Waals surface area contributed by atoms with Gasteiger partial charge >= 0.3 is 0 Å². The zero-order valence-electron chi connectivity index (χ0n) is 8.29. The quantitative estimate of drug-likeness (QED) is 0.301. The van der Waals surface area contributed by atoms with Crippen LogP contribution in [0, 0.1) is 0 Å². The van der Waals surface area contributed by atoms with Crippen LogP contribution in [-0.4, -0.2) is 0 Å². The largest absolute Gasteiger partial charge is 0.151 e. The van der Waals surface area contributed by atoms with Crippen LogP contribution in [0.25, 0.3) is 30.9 Å². The molecule has 17 heavy (non-hydrogen) atoms. The van der Waals surface area contributed by atoms with Crippen molar-refractivity contribution in [3.05, 3.63) is 30.5 Å². The third kappa shape index (κ3) is 1.50. The minimum absolute atomic E-state index is 1.21. The van der Waals surface area contributed by atoms with E-state index in [1.54, 1.807) is 11.3 Å². The summed E-state index contributed by atoms with van der Waals surface area (Å²) >= 11 is 12.6. The summed E-state index contributed by atoms with van der Waals surface area (Å²) in [4.78, 5) is 0. The molecule has 84 valence electrons. The average molecular weight is 404 g/mol. The highest BCUT2D eigenvalue weighted by molar-refractivity contribution is 9.11. The van der Waals surface area contributed by atoms with E-state index in [-0.39, 0.29) is 0 Å². The Labute approximate surface area is 126 Å². The first-order chi connectivity index (χ1) is 8.24. The molecule has 3 aromatic heterocycles. The van der Waals surface area contributed by atoms with Crippen molar-refractivity contribution in [2.24, 2.45) is 0 Å². The van der Waals surface area contributed by atoms with Gasteiger partial charge in [0, 0.05) is 21.5 Å². The van der Waals surface area contributed by atoms with Gasteiger partial charge in [-0.05, 0) is 54.8 Å². The molecule has 0 fully saturated rings. The molecule has 0 radical (unpaired) electrons. The van der Waals surface area contributed by atoms with Crippen LogP contribution < -0.4 is 0 Å². The zero-order chi connectivity index (χ0) is 11.6. The van der Waals surface area contributed by atoms with E-state index >= 15 is 0 Å². The maximum absolute atomic E-state index is 3.61. The predicted octanol–water partition coefficient (Wildman–Crippen LogP) is 6.86. The molecule has 0 spiro atoms. The standard InChI is InChI=1S/C12H4Br2S3/c13-9-1-5-7-3-15-4-8(7)6-2-10(14)17-12(6)11(5)16-9/h1-4H. The summed E-state index contributed by atoms with van der Waals surface area (Å²) in [5.41, 5.74) is 0. The van der Waals surface area contributed by atoms with Crippen molar-refractivity contribution in [2.75, 3.05) is 0 Å². The lowest BCUT2D eigenvalue weighted by Gasteiger charge is -1.96. The van der Waals surface area contributed by atoms with E-state index in [1.807, 2.05) is 22.7 Å². The third-order valence-corrected chi connectivity index (χ3v) is 7.04. The highest BCUT2D eigenvalue weighted by atomic mass is 79.9. The third-order valence-electron chi connectivity index (χ3n) is 2.85. The molecule has 0 aliphatic carbocycles. The first-order valence-corrected chi connectivity index (χ1v) is 9.06. The van der Waals surface area contributed by atoms with Crippen LogP contribution in [0.3, 0.4) is 0 Å². The molecule has 0 saturated heterocycles. The highest BCUT2D eigenvalue weighted by Gasteiger charge is 2.14. The Kier molecular flexibility index (Phi) is 2.43. The minimum atomic E-state index is 1.21. The van der Waals surface area contributed by atoms with Crippen LogP contribution >= 0.6 is 65.9 Å². The summed E-state index contributed by atoms with van der Waals surface area (Å²) in [7, 11) is 0. The fraction of sp³-hybridized carbons (Fsp3) is 0. The molecule has 3 heterocycles. The molecule has 0 atom stereocenters. The van der Waals surface area contributed by atoms with Gasteiger partial charge in [0.1, 0.15) is 0 Å². The van der Waals surface area contributed by atoms with E-state index in [9.17, 15) is 0 Å². The minimum Gasteiger partial charge on any atom is -0.151 e. The van der Waals surface area contributed by atoms with Gasteiger partial charge in [-0.25, -0.2) is 0 Å². The monoisotopic (exact) mass is 402 g/mol. The molecule has 0 N–H and O–H groups in total. The number of rotatable bonds is 0. The van der Waals surface area contributed by atoms with Crippen molar-refractivity contribution in [3.63, 3.8) is 0 Å². The lowest BCUT2D eigenvalue weighted by molar-refractivity contribution is 2.05. The van der Waals surface area contributed by atoms with Gasteiger partial charge in [0.05, 0.1) is 17.0 Å². The van der Waals surface area contributed by atoms with Crippen molar-refractivity contribution in [1.82, 2.24) is 0 Å². The van der Waals surface area contributed by atoms with Gasteiger partial charge in [-0.1, -0.05) is 0 Å². The Morgan fingerprint density at radius 3 is 1.65 bits per heavy atom. The maximum Gasteiger partial charge on any atom is 0.0711 e. The Hall–Kier alpha value is 0.0600. The maximum atomic E-state index is 3.61. The normalized spacial score (nSPS) is 12.1. The summed E-state index contributed by atoms with van der Waals surface area (Å²) in [5.74, 6) is 0. The van der Waals surface area contributed by atoms with Crippen LogP contribution in [0.1, 0.15) is 0 Å². The summed E-state index contributed by atoms with van der Waals surface area (Å²) in [5, 5.41) is 10.0. The van der Waals surface area contributed by atoms with Crippen LogP contribution in [-0.2, 0) is 0 Å². The van der Waals surface area contributed by atoms with E-state index in [2.05, 4.69) is 54.8 Å². The fourth-order valence-corrected chi connectivity index (χ4v) is 6.41. The number of thiophene rings is 3. The van der Waals surface area contributed by atoms with Gasteiger partial charge in [-0.3, -0.25) is 0 Å². The predicted molar refractivity (Wildman–Crippen MR) is 88.0 cm³/mol. The van der Waals surface area contributed by atoms with Crippen molar-refractivity contribution < 1.29 is 0 Å². The molecule has 4 rings (SSSR count). The smallest absolute Gasteiger partial charge is 0.0711 e. The second-order valence-electron chi connectivity index (χ2n) is 3.79. The number of hydrogen-bond donors (Lipinski definition) is 0. The molecule has 0 bridgehead atoms. The topological polar surface area (TPSA) is 0 Å². The summed E-state index contributed by atoms with van der Waals surface area (Å²) in [6.45, 7) is 0. The van der Waals surface area contributed by atoms with Gasteiger partial charge in [0.2, 0.25) is 0 Å². The van der Waals surface area contributed by atoms with E-state index in [0.29, 0.717) is 0 Å². The van der Waals surface area contributed by atoms with Crippen LogP contribution in [0.2, 0.25) is 0 Å². The average Bonchev–Trinajstić information content (AvgIpc) is 2.91. The van der Waals surface area contributed by atoms with Crippen molar-refractivity contribution in [1.29, 1.82) is 0 Å². The lowest BCUT2D eigenvalue weighted by Crippen LogP contribution is -1.68. The molecule has 4 aromatic rings. The van der Waals surface area contributed by atoms with Gasteiger partial charge in [0.15, 0.2) is 0 Å². The van der Waals surface area contributed by atoms with Crippen molar-refractivity contribution in [2.45, 2.75) is 0 Å². The zero-order valence-corrected chi connectivity index (χ0v) is 13.9. The second-order valence-corrected chi connectivity index (χ2v) is 9.39. The molecular formula is C12H4Br2S3.